The van der Waals surface area contributed by atoms with Crippen LogP contribution in [-0.4, -0.2) is 67.8 Å². The van der Waals surface area contributed by atoms with Gasteiger partial charge in [0.1, 0.15) is 4.90 Å². The van der Waals surface area contributed by atoms with E-state index in [9.17, 15) is 13.2 Å². The van der Waals surface area contributed by atoms with Crippen LogP contribution in [0.25, 0.3) is 0 Å². The van der Waals surface area contributed by atoms with Crippen molar-refractivity contribution in [1.29, 1.82) is 0 Å². The van der Waals surface area contributed by atoms with Crippen LogP contribution in [0, 0.1) is 5.92 Å². The quantitative estimate of drug-likeness (QED) is 0.824. The number of fused-ring (bicyclic) bond motifs is 1. The Morgan fingerprint density at radius 3 is 2.92 bits per heavy atom. The van der Waals surface area contributed by atoms with Crippen molar-refractivity contribution in [2.75, 3.05) is 33.2 Å². The standard InChI is InChI=1S/C16H24N4O3S/c1-17-8-10-20-15-6-9-19(12-13(15)4-5-16(20)21)24(22,23)14-3-2-7-18-11-14/h2-3,7,11,13,15,17H,4-6,8-10,12H2,1H3/t13-,15+/m0/s1. The van der Waals surface area contributed by atoms with E-state index < -0.39 is 10.0 Å². The minimum Gasteiger partial charge on any atom is -0.338 e. The van der Waals surface area contributed by atoms with Gasteiger partial charge in [0, 0.05) is 51.0 Å². The van der Waals surface area contributed by atoms with Crippen LogP contribution in [0.15, 0.2) is 29.4 Å². The Balaban J connectivity index is 1.74. The molecule has 0 spiro atoms. The lowest BCUT2D eigenvalue weighted by Gasteiger charge is -2.46. The highest BCUT2D eigenvalue weighted by Gasteiger charge is 2.42. The predicted octanol–water partition coefficient (Wildman–Crippen LogP) is 0.303. The molecule has 3 rings (SSSR count). The fourth-order valence-electron chi connectivity index (χ4n) is 3.71. The molecule has 3 heterocycles. The Morgan fingerprint density at radius 1 is 1.38 bits per heavy atom. The molecule has 0 bridgehead atoms. The molecular formula is C16H24N4O3S. The predicted molar refractivity (Wildman–Crippen MR) is 89.8 cm³/mol. The fourth-order valence-corrected chi connectivity index (χ4v) is 5.18. The number of pyridine rings is 1. The van der Waals surface area contributed by atoms with Gasteiger partial charge in [-0.1, -0.05) is 0 Å². The number of carbonyl (C=O) groups is 1. The molecule has 2 fully saturated rings. The summed E-state index contributed by atoms with van der Waals surface area (Å²) in [7, 11) is -1.64. The van der Waals surface area contributed by atoms with Crippen molar-refractivity contribution in [2.24, 2.45) is 5.92 Å². The second-order valence-electron chi connectivity index (χ2n) is 6.40. The highest BCUT2D eigenvalue weighted by molar-refractivity contribution is 7.89. The first kappa shape index (κ1) is 17.3. The maximum Gasteiger partial charge on any atom is 0.244 e. The van der Waals surface area contributed by atoms with Crippen LogP contribution in [0.3, 0.4) is 0 Å². The van der Waals surface area contributed by atoms with E-state index in [1.54, 1.807) is 22.6 Å². The molecule has 1 N–H and O–H groups in total. The highest BCUT2D eigenvalue weighted by atomic mass is 32.2. The Hall–Kier alpha value is -1.51. The number of rotatable bonds is 5. The summed E-state index contributed by atoms with van der Waals surface area (Å²) in [6.07, 6.45) is 4.92. The lowest BCUT2D eigenvalue weighted by atomic mass is 9.84. The van der Waals surface area contributed by atoms with Crippen LogP contribution in [0.1, 0.15) is 19.3 Å². The molecule has 0 radical (unpaired) electrons. The van der Waals surface area contributed by atoms with Crippen molar-refractivity contribution in [2.45, 2.75) is 30.2 Å². The number of nitrogens with zero attached hydrogens (tertiary/aromatic N) is 3. The first-order chi connectivity index (χ1) is 11.5. The summed E-state index contributed by atoms with van der Waals surface area (Å²) in [4.78, 5) is 18.3. The molecule has 2 atom stereocenters. The molecule has 1 aromatic heterocycles. The van der Waals surface area contributed by atoms with Crippen molar-refractivity contribution in [1.82, 2.24) is 19.5 Å². The first-order valence-corrected chi connectivity index (χ1v) is 9.82. The smallest absolute Gasteiger partial charge is 0.244 e. The maximum absolute atomic E-state index is 12.8. The molecule has 8 heteroatoms. The third-order valence-electron chi connectivity index (χ3n) is 4.98. The zero-order valence-electron chi connectivity index (χ0n) is 13.9. The summed E-state index contributed by atoms with van der Waals surface area (Å²) in [5.41, 5.74) is 0. The number of hydrogen-bond donors (Lipinski definition) is 1. The number of piperidine rings is 2. The van der Waals surface area contributed by atoms with E-state index in [1.165, 1.54) is 6.20 Å². The summed E-state index contributed by atoms with van der Waals surface area (Å²) in [6, 6.07) is 3.37. The molecule has 7 nitrogen and oxygen atoms in total. The second-order valence-corrected chi connectivity index (χ2v) is 8.34. The zero-order chi connectivity index (χ0) is 17.2. The molecule has 0 aliphatic carbocycles. The van der Waals surface area contributed by atoms with Crippen molar-refractivity contribution < 1.29 is 13.2 Å². The second kappa shape index (κ2) is 7.16. The van der Waals surface area contributed by atoms with Gasteiger partial charge in [0.2, 0.25) is 15.9 Å². The third kappa shape index (κ3) is 3.31. The zero-order valence-corrected chi connectivity index (χ0v) is 14.7. The fraction of sp³-hybridized carbons (Fsp3) is 0.625. The van der Waals surface area contributed by atoms with Crippen molar-refractivity contribution in [3.05, 3.63) is 24.5 Å². The van der Waals surface area contributed by atoms with Crippen LogP contribution in [-0.2, 0) is 14.8 Å². The van der Waals surface area contributed by atoms with Crippen LogP contribution >= 0.6 is 0 Å². The lowest BCUT2D eigenvalue weighted by Crippen LogP contribution is -2.57. The summed E-state index contributed by atoms with van der Waals surface area (Å²) >= 11 is 0. The van der Waals surface area contributed by atoms with Gasteiger partial charge in [0.25, 0.3) is 0 Å². The number of nitrogens with one attached hydrogen (secondary N) is 1. The van der Waals surface area contributed by atoms with Gasteiger partial charge in [0.15, 0.2) is 0 Å². The van der Waals surface area contributed by atoms with E-state index in [1.807, 2.05) is 11.9 Å². The van der Waals surface area contributed by atoms with E-state index in [4.69, 9.17) is 0 Å². The average molecular weight is 352 g/mol. The minimum absolute atomic E-state index is 0.153. The van der Waals surface area contributed by atoms with Gasteiger partial charge >= 0.3 is 0 Å². The number of carbonyl (C=O) groups excluding carboxylic acids is 1. The van der Waals surface area contributed by atoms with Gasteiger partial charge in [-0.05, 0) is 37.9 Å². The van der Waals surface area contributed by atoms with Crippen LogP contribution in [0.2, 0.25) is 0 Å². The molecule has 0 saturated carbocycles. The molecule has 24 heavy (non-hydrogen) atoms. The molecule has 1 aromatic rings. The third-order valence-corrected chi connectivity index (χ3v) is 6.83. The molecule has 0 aromatic carbocycles. The average Bonchev–Trinajstić information content (AvgIpc) is 2.61. The molecule has 2 saturated heterocycles. The maximum atomic E-state index is 12.8. The Bertz CT molecular complexity index is 680. The Morgan fingerprint density at radius 2 is 2.21 bits per heavy atom. The normalized spacial score (nSPS) is 25.5. The molecule has 2 aliphatic rings. The largest absolute Gasteiger partial charge is 0.338 e. The molecule has 1 amide bonds. The minimum atomic E-state index is -3.51. The molecule has 2 aliphatic heterocycles. The number of likely N-dealkylation sites (N-methyl/N-ethyl adjacent to an activating group) is 1. The van der Waals surface area contributed by atoms with Gasteiger partial charge in [-0.25, -0.2) is 8.42 Å². The number of amides is 1. The molecule has 0 unspecified atom stereocenters. The summed E-state index contributed by atoms with van der Waals surface area (Å²) in [5, 5.41) is 3.08. The van der Waals surface area contributed by atoms with Gasteiger partial charge in [-0.15, -0.1) is 0 Å². The highest BCUT2D eigenvalue weighted by Crippen LogP contribution is 2.33. The first-order valence-electron chi connectivity index (χ1n) is 8.38. The lowest BCUT2D eigenvalue weighted by molar-refractivity contribution is -0.140. The topological polar surface area (TPSA) is 82.6 Å². The van der Waals surface area contributed by atoms with Crippen molar-refractivity contribution in [3.63, 3.8) is 0 Å². The Labute approximate surface area is 143 Å². The van der Waals surface area contributed by atoms with Gasteiger partial charge in [-0.3, -0.25) is 9.78 Å². The SMILES string of the molecule is CNCCN1C(=O)CC[C@H]2CN(S(=O)(=O)c3cccnc3)CC[C@H]21. The summed E-state index contributed by atoms with van der Waals surface area (Å²) in [5.74, 6) is 0.398. The monoisotopic (exact) mass is 352 g/mol. The van der Waals surface area contributed by atoms with E-state index >= 15 is 0 Å². The van der Waals surface area contributed by atoms with E-state index in [2.05, 4.69) is 10.3 Å². The van der Waals surface area contributed by atoms with Crippen molar-refractivity contribution in [3.8, 4) is 0 Å². The number of aromatic nitrogens is 1. The van der Waals surface area contributed by atoms with Gasteiger partial charge < -0.3 is 10.2 Å². The van der Waals surface area contributed by atoms with Crippen LogP contribution in [0.4, 0.5) is 0 Å². The van der Waals surface area contributed by atoms with Crippen molar-refractivity contribution >= 4 is 15.9 Å². The number of hydrogen-bond acceptors (Lipinski definition) is 5. The van der Waals surface area contributed by atoms with E-state index in [0.29, 0.717) is 32.5 Å². The van der Waals surface area contributed by atoms with E-state index in [-0.39, 0.29) is 22.8 Å². The Kier molecular flexibility index (Phi) is 5.17. The van der Waals surface area contributed by atoms with Crippen LogP contribution in [0.5, 0.6) is 0 Å². The van der Waals surface area contributed by atoms with Crippen LogP contribution < -0.4 is 5.32 Å². The summed E-state index contributed by atoms with van der Waals surface area (Å²) < 4.78 is 27.1. The molecule has 132 valence electrons. The van der Waals surface area contributed by atoms with Gasteiger partial charge in [0.05, 0.1) is 0 Å². The summed E-state index contributed by atoms with van der Waals surface area (Å²) in [6.45, 7) is 2.37. The van der Waals surface area contributed by atoms with Gasteiger partial charge in [-0.2, -0.15) is 4.31 Å². The molecular weight excluding hydrogens is 328 g/mol. The number of likely N-dealkylation sites (tertiary alicyclic amines) is 1. The van der Waals surface area contributed by atoms with E-state index in [0.717, 1.165) is 13.0 Å². The number of sulfonamides is 1.